The Labute approximate surface area is 186 Å². The molecular weight excluding hydrogens is 404 g/mol. The van der Waals surface area contributed by atoms with Gasteiger partial charge >= 0.3 is 0 Å². The molecule has 1 aliphatic carbocycles. The lowest BCUT2D eigenvalue weighted by Gasteiger charge is -2.37. The van der Waals surface area contributed by atoms with E-state index < -0.39 is 5.60 Å². The second-order valence-electron chi connectivity index (χ2n) is 9.09. The van der Waals surface area contributed by atoms with Crippen molar-refractivity contribution in [3.63, 3.8) is 0 Å². The van der Waals surface area contributed by atoms with Crippen LogP contribution in [0.4, 0.5) is 0 Å². The highest BCUT2D eigenvalue weighted by molar-refractivity contribution is 6.33. The number of aryl methyl sites for hydroxylation is 1. The maximum Gasteiger partial charge on any atom is 0.210 e. The zero-order chi connectivity index (χ0) is 21.7. The van der Waals surface area contributed by atoms with Crippen LogP contribution in [0.25, 0.3) is 16.8 Å². The minimum Gasteiger partial charge on any atom is -0.478 e. The van der Waals surface area contributed by atoms with Crippen molar-refractivity contribution in [3.8, 4) is 0 Å². The van der Waals surface area contributed by atoms with E-state index in [1.807, 2.05) is 54.0 Å². The number of ketones is 1. The van der Waals surface area contributed by atoms with Crippen molar-refractivity contribution in [2.24, 2.45) is 5.92 Å². The largest absolute Gasteiger partial charge is 0.478 e. The van der Waals surface area contributed by atoms with Gasteiger partial charge in [-0.1, -0.05) is 29.8 Å². The quantitative estimate of drug-likeness (QED) is 0.616. The molecular formula is C26H26N2O4. The van der Waals surface area contributed by atoms with E-state index in [1.165, 1.54) is 0 Å². The smallest absolute Gasteiger partial charge is 0.210 e. The number of hydrogen-bond donors (Lipinski definition) is 0. The van der Waals surface area contributed by atoms with Gasteiger partial charge in [-0.25, -0.2) is 4.98 Å². The van der Waals surface area contributed by atoms with Gasteiger partial charge in [0.2, 0.25) is 5.78 Å². The summed E-state index contributed by atoms with van der Waals surface area (Å²) in [5.41, 5.74) is 3.79. The van der Waals surface area contributed by atoms with Crippen LogP contribution < -0.4 is 0 Å². The first-order valence-electron chi connectivity index (χ1n) is 11.3. The van der Waals surface area contributed by atoms with E-state index in [1.54, 1.807) is 6.33 Å². The lowest BCUT2D eigenvalue weighted by atomic mass is 9.75. The fraction of sp³-hybridized carbons (Fsp3) is 0.385. The zero-order valence-corrected chi connectivity index (χ0v) is 18.1. The molecule has 0 atom stereocenters. The van der Waals surface area contributed by atoms with Crippen LogP contribution >= 0.6 is 0 Å². The van der Waals surface area contributed by atoms with Crippen molar-refractivity contribution < 1.29 is 19.0 Å². The molecule has 3 aliphatic rings. The fourth-order valence-corrected chi connectivity index (χ4v) is 5.30. The third-order valence-corrected chi connectivity index (χ3v) is 7.01. The molecule has 6 rings (SSSR count). The highest BCUT2D eigenvalue weighted by Crippen LogP contribution is 2.49. The highest BCUT2D eigenvalue weighted by atomic mass is 16.7. The summed E-state index contributed by atoms with van der Waals surface area (Å²) in [6.07, 6.45) is 8.48. The average Bonchev–Trinajstić information content (AvgIpc) is 3.55. The number of imidazole rings is 1. The Bertz CT molecular complexity index is 1210. The maximum atomic E-state index is 14.0. The minimum atomic E-state index is -0.812. The molecule has 2 aliphatic heterocycles. The summed E-state index contributed by atoms with van der Waals surface area (Å²) < 4.78 is 20.1. The molecule has 6 heteroatoms. The molecule has 1 saturated carbocycles. The third kappa shape index (κ3) is 3.17. The van der Waals surface area contributed by atoms with E-state index in [0.717, 1.165) is 35.0 Å². The number of aromatic nitrogens is 2. The van der Waals surface area contributed by atoms with Crippen LogP contribution in [0.5, 0.6) is 0 Å². The number of pyridine rings is 1. The molecule has 32 heavy (non-hydrogen) atoms. The highest BCUT2D eigenvalue weighted by Gasteiger charge is 2.52. The molecule has 0 N–H and O–H groups in total. The summed E-state index contributed by atoms with van der Waals surface area (Å²) in [6, 6.07) is 12.1. The van der Waals surface area contributed by atoms with Gasteiger partial charge in [-0.05, 0) is 50.3 Å². The Balaban J connectivity index is 1.39. The van der Waals surface area contributed by atoms with Gasteiger partial charge in [-0.15, -0.1) is 0 Å². The van der Waals surface area contributed by atoms with Crippen LogP contribution in [0.15, 0.2) is 55.1 Å². The number of ether oxygens (including phenoxy) is 3. The van der Waals surface area contributed by atoms with E-state index in [4.69, 9.17) is 14.2 Å². The van der Waals surface area contributed by atoms with Crippen LogP contribution in [0.3, 0.4) is 0 Å². The molecule has 6 nitrogen and oxygen atoms in total. The number of nitrogens with zero attached hydrogens (tertiary/aromatic N) is 2. The van der Waals surface area contributed by atoms with Gasteiger partial charge in [0, 0.05) is 17.7 Å². The van der Waals surface area contributed by atoms with Gasteiger partial charge in [0.25, 0.3) is 0 Å². The predicted octanol–water partition coefficient (Wildman–Crippen LogP) is 4.41. The van der Waals surface area contributed by atoms with E-state index in [0.29, 0.717) is 43.3 Å². The summed E-state index contributed by atoms with van der Waals surface area (Å²) >= 11 is 0. The van der Waals surface area contributed by atoms with Gasteiger partial charge in [-0.2, -0.15) is 0 Å². The number of carbonyl (C=O) groups is 1. The molecule has 3 aromatic rings. The van der Waals surface area contributed by atoms with Crippen LogP contribution in [0, 0.1) is 12.8 Å². The molecule has 2 fully saturated rings. The van der Waals surface area contributed by atoms with Gasteiger partial charge in [0.1, 0.15) is 5.76 Å². The molecule has 1 spiro atoms. The number of carbonyl (C=O) groups excluding carboxylic acids is 1. The number of hydrogen-bond acceptors (Lipinski definition) is 5. The molecule has 0 radical (unpaired) electrons. The Morgan fingerprint density at radius 1 is 1.06 bits per heavy atom. The first kappa shape index (κ1) is 19.7. The number of benzene rings is 1. The second-order valence-corrected chi connectivity index (χ2v) is 9.09. The summed E-state index contributed by atoms with van der Waals surface area (Å²) in [7, 11) is 0. The lowest BCUT2D eigenvalue weighted by molar-refractivity contribution is -0.139. The summed E-state index contributed by atoms with van der Waals surface area (Å²) in [6.45, 7) is 3.35. The van der Waals surface area contributed by atoms with Crippen molar-refractivity contribution in [1.29, 1.82) is 0 Å². The van der Waals surface area contributed by atoms with Gasteiger partial charge in [-0.3, -0.25) is 4.79 Å². The summed E-state index contributed by atoms with van der Waals surface area (Å²) in [5, 5.41) is 0. The summed E-state index contributed by atoms with van der Waals surface area (Å²) in [4.78, 5) is 18.2. The molecule has 4 heterocycles. The van der Waals surface area contributed by atoms with Crippen molar-refractivity contribution in [2.45, 2.75) is 44.5 Å². The maximum absolute atomic E-state index is 14.0. The van der Waals surface area contributed by atoms with Crippen molar-refractivity contribution in [1.82, 2.24) is 9.38 Å². The van der Waals surface area contributed by atoms with Crippen LogP contribution in [0.2, 0.25) is 0 Å². The third-order valence-electron chi connectivity index (χ3n) is 7.01. The molecule has 1 aromatic carbocycles. The van der Waals surface area contributed by atoms with Gasteiger partial charge in [0.05, 0.1) is 36.8 Å². The standard InChI is InChI=1S/C26H26N2O4/c1-17-3-2-4-19(13-17)22-23(20-5-6-21-14-27-16-28(21)15-20)32-26(24(22)29)9-7-18(8-10-26)25-30-11-12-31-25/h2-6,13-16,18,25H,7-12H2,1H3. The molecule has 0 bridgehead atoms. The van der Waals surface area contributed by atoms with Gasteiger partial charge in [0.15, 0.2) is 11.9 Å². The normalized spacial score (nSPS) is 26.4. The van der Waals surface area contributed by atoms with Crippen molar-refractivity contribution >= 4 is 22.6 Å². The van der Waals surface area contributed by atoms with E-state index in [2.05, 4.69) is 11.1 Å². The molecule has 164 valence electrons. The summed E-state index contributed by atoms with van der Waals surface area (Å²) in [5.74, 6) is 1.08. The van der Waals surface area contributed by atoms with Crippen LogP contribution in [-0.2, 0) is 19.0 Å². The Kier molecular flexibility index (Phi) is 4.66. The van der Waals surface area contributed by atoms with Gasteiger partial charge < -0.3 is 18.6 Å². The molecule has 1 saturated heterocycles. The number of Topliss-reactive ketones (excluding diaryl/α,β-unsaturated/α-hetero) is 1. The number of fused-ring (bicyclic) bond motifs is 1. The average molecular weight is 431 g/mol. The lowest BCUT2D eigenvalue weighted by Crippen LogP contribution is -2.43. The molecule has 0 unspecified atom stereocenters. The van der Waals surface area contributed by atoms with E-state index >= 15 is 0 Å². The fourth-order valence-electron chi connectivity index (χ4n) is 5.30. The minimum absolute atomic E-state index is 0.0931. The first-order chi connectivity index (χ1) is 15.6. The monoisotopic (exact) mass is 430 g/mol. The predicted molar refractivity (Wildman–Crippen MR) is 120 cm³/mol. The second kappa shape index (κ2) is 7.57. The number of rotatable bonds is 3. The van der Waals surface area contributed by atoms with E-state index in [9.17, 15) is 4.79 Å². The topological polar surface area (TPSA) is 62.1 Å². The Morgan fingerprint density at radius 3 is 2.66 bits per heavy atom. The zero-order valence-electron chi connectivity index (χ0n) is 18.1. The Hall–Kier alpha value is -2.96. The van der Waals surface area contributed by atoms with Crippen molar-refractivity contribution in [2.75, 3.05) is 13.2 Å². The van der Waals surface area contributed by atoms with Crippen LogP contribution in [-0.4, -0.2) is 40.3 Å². The molecule has 0 amide bonds. The Morgan fingerprint density at radius 2 is 1.88 bits per heavy atom. The van der Waals surface area contributed by atoms with Crippen LogP contribution in [0.1, 0.15) is 42.4 Å². The van der Waals surface area contributed by atoms with E-state index in [-0.39, 0.29) is 12.1 Å². The first-order valence-corrected chi connectivity index (χ1v) is 11.3. The van der Waals surface area contributed by atoms with Crippen molar-refractivity contribution in [3.05, 3.63) is 71.8 Å². The SMILES string of the molecule is Cc1cccc(C2=C(c3ccc4cncn4c3)OC3(CCC(C4OCCO4)CC3)C2=O)c1. The molecule has 2 aromatic heterocycles.